The number of benzene rings is 1. The fourth-order valence-corrected chi connectivity index (χ4v) is 3.58. The van der Waals surface area contributed by atoms with E-state index in [9.17, 15) is 13.2 Å². The average Bonchev–Trinajstić information content (AvgIpc) is 2.60. The van der Waals surface area contributed by atoms with Crippen LogP contribution in [0.4, 0.5) is 0 Å². The Labute approximate surface area is 153 Å². The maximum Gasteiger partial charge on any atom is 0.256 e. The quantitative estimate of drug-likeness (QED) is 0.759. The molecule has 138 valence electrons. The number of nitrogens with zero attached hydrogens (tertiary/aromatic N) is 2. The van der Waals surface area contributed by atoms with E-state index in [2.05, 4.69) is 9.71 Å². The molecule has 0 saturated heterocycles. The minimum atomic E-state index is -3.39. The van der Waals surface area contributed by atoms with Gasteiger partial charge < -0.3 is 15.0 Å². The SMILES string of the molecule is Cc1cccc(OCCCNC(=O)C2=CN3CCS(=O)(=O)N=C3C=C2)c1. The van der Waals surface area contributed by atoms with Gasteiger partial charge in [-0.2, -0.15) is 0 Å². The number of rotatable bonds is 6. The molecular formula is C18H21N3O4S. The highest BCUT2D eigenvalue weighted by atomic mass is 32.2. The molecule has 1 aromatic rings. The number of nitrogens with one attached hydrogen (secondary N) is 1. The summed E-state index contributed by atoms with van der Waals surface area (Å²) >= 11 is 0. The number of hydrogen-bond donors (Lipinski definition) is 1. The molecule has 1 aromatic carbocycles. The fraction of sp³-hybridized carbons (Fsp3) is 0.333. The summed E-state index contributed by atoms with van der Waals surface area (Å²) < 4.78 is 32.3. The van der Waals surface area contributed by atoms with Crippen molar-refractivity contribution in [2.75, 3.05) is 25.4 Å². The third kappa shape index (κ3) is 4.72. The van der Waals surface area contributed by atoms with Gasteiger partial charge in [0.05, 0.1) is 17.9 Å². The smallest absolute Gasteiger partial charge is 0.256 e. The lowest BCUT2D eigenvalue weighted by Gasteiger charge is -2.26. The zero-order valence-electron chi connectivity index (χ0n) is 14.5. The monoisotopic (exact) mass is 375 g/mol. The molecule has 26 heavy (non-hydrogen) atoms. The summed E-state index contributed by atoms with van der Waals surface area (Å²) in [6.45, 7) is 3.31. The summed E-state index contributed by atoms with van der Waals surface area (Å²) in [6.07, 6.45) is 5.44. The van der Waals surface area contributed by atoms with Gasteiger partial charge in [0.1, 0.15) is 11.6 Å². The molecule has 0 aliphatic carbocycles. The second-order valence-electron chi connectivity index (χ2n) is 6.12. The standard InChI is InChI=1S/C18H21N3O4S/c1-14-4-2-5-16(12-14)25-10-3-8-19-18(22)15-6-7-17-20-26(23,24)11-9-21(17)13-15/h2,4-7,12-13H,3,8-11H2,1H3,(H,19,22). The molecule has 0 atom stereocenters. The van der Waals surface area contributed by atoms with Crippen molar-refractivity contribution in [2.24, 2.45) is 4.40 Å². The molecule has 1 N–H and O–H groups in total. The van der Waals surface area contributed by atoms with Gasteiger partial charge in [-0.1, -0.05) is 12.1 Å². The van der Waals surface area contributed by atoms with E-state index >= 15 is 0 Å². The van der Waals surface area contributed by atoms with Gasteiger partial charge in [0.15, 0.2) is 0 Å². The van der Waals surface area contributed by atoms with Crippen LogP contribution in [0.25, 0.3) is 0 Å². The van der Waals surface area contributed by atoms with Gasteiger partial charge in [0.25, 0.3) is 15.9 Å². The van der Waals surface area contributed by atoms with Crippen LogP contribution in [0.3, 0.4) is 0 Å². The summed E-state index contributed by atoms with van der Waals surface area (Å²) in [5.74, 6) is 0.913. The van der Waals surface area contributed by atoms with Gasteiger partial charge in [-0.3, -0.25) is 4.79 Å². The van der Waals surface area contributed by atoms with Crippen LogP contribution in [-0.2, 0) is 14.8 Å². The maximum absolute atomic E-state index is 12.2. The number of carbonyl (C=O) groups excluding carboxylic acids is 1. The Morgan fingerprint density at radius 1 is 1.35 bits per heavy atom. The molecule has 2 aliphatic heterocycles. The van der Waals surface area contributed by atoms with Crippen molar-refractivity contribution >= 4 is 21.8 Å². The Balaban J connectivity index is 1.44. The summed E-state index contributed by atoms with van der Waals surface area (Å²) in [5, 5.41) is 2.84. The molecular weight excluding hydrogens is 354 g/mol. The van der Waals surface area contributed by atoms with Crippen molar-refractivity contribution in [3.8, 4) is 5.75 Å². The third-order valence-electron chi connectivity index (χ3n) is 3.95. The van der Waals surface area contributed by atoms with Crippen LogP contribution in [0.5, 0.6) is 5.75 Å². The molecule has 0 fully saturated rings. The molecule has 0 unspecified atom stereocenters. The van der Waals surface area contributed by atoms with Gasteiger partial charge in [-0.05, 0) is 43.2 Å². The molecule has 2 aliphatic rings. The maximum atomic E-state index is 12.2. The first-order valence-electron chi connectivity index (χ1n) is 8.40. The van der Waals surface area contributed by atoms with Crippen molar-refractivity contribution in [3.63, 3.8) is 0 Å². The highest BCUT2D eigenvalue weighted by Crippen LogP contribution is 2.16. The first-order chi connectivity index (χ1) is 12.4. The minimum absolute atomic E-state index is 0.0496. The van der Waals surface area contributed by atoms with Crippen LogP contribution in [0.1, 0.15) is 12.0 Å². The molecule has 8 heteroatoms. The van der Waals surface area contributed by atoms with Crippen LogP contribution >= 0.6 is 0 Å². The number of aryl methyl sites for hydroxylation is 1. The predicted octanol–water partition coefficient (Wildman–Crippen LogP) is 1.38. The lowest BCUT2D eigenvalue weighted by Crippen LogP contribution is -2.38. The van der Waals surface area contributed by atoms with Gasteiger partial charge >= 0.3 is 0 Å². The van der Waals surface area contributed by atoms with Crippen LogP contribution in [0.15, 0.2) is 52.6 Å². The lowest BCUT2D eigenvalue weighted by atomic mass is 10.2. The molecule has 7 nitrogen and oxygen atoms in total. The Hall–Kier alpha value is -2.61. The zero-order chi connectivity index (χ0) is 18.6. The van der Waals surface area contributed by atoms with Crippen molar-refractivity contribution in [3.05, 3.63) is 53.8 Å². The summed E-state index contributed by atoms with van der Waals surface area (Å²) in [6, 6.07) is 7.82. The summed E-state index contributed by atoms with van der Waals surface area (Å²) in [4.78, 5) is 13.9. The van der Waals surface area contributed by atoms with E-state index in [-0.39, 0.29) is 11.7 Å². The third-order valence-corrected chi connectivity index (χ3v) is 5.11. The fourth-order valence-electron chi connectivity index (χ4n) is 2.61. The Morgan fingerprint density at radius 2 is 2.19 bits per heavy atom. The van der Waals surface area contributed by atoms with Gasteiger partial charge in [-0.15, -0.1) is 4.40 Å². The summed E-state index contributed by atoms with van der Waals surface area (Å²) in [5.41, 5.74) is 1.61. The molecule has 3 rings (SSSR count). The van der Waals surface area contributed by atoms with Gasteiger partial charge in [0, 0.05) is 19.3 Å². The van der Waals surface area contributed by atoms with Crippen molar-refractivity contribution in [1.29, 1.82) is 0 Å². The molecule has 1 amide bonds. The second kappa shape index (κ2) is 7.74. The van der Waals surface area contributed by atoms with E-state index in [1.807, 2.05) is 31.2 Å². The predicted molar refractivity (Wildman–Crippen MR) is 99.5 cm³/mol. The molecule has 0 saturated carbocycles. The first kappa shape index (κ1) is 18.2. The van der Waals surface area contributed by atoms with Crippen LogP contribution in [0.2, 0.25) is 0 Å². The van der Waals surface area contributed by atoms with E-state index in [0.717, 1.165) is 11.3 Å². The number of fused-ring (bicyclic) bond motifs is 1. The van der Waals surface area contributed by atoms with E-state index in [1.54, 1.807) is 23.3 Å². The lowest BCUT2D eigenvalue weighted by molar-refractivity contribution is -0.117. The largest absolute Gasteiger partial charge is 0.494 e. The number of ether oxygens (including phenoxy) is 1. The minimum Gasteiger partial charge on any atom is -0.494 e. The average molecular weight is 375 g/mol. The van der Waals surface area contributed by atoms with E-state index in [0.29, 0.717) is 37.5 Å². The van der Waals surface area contributed by atoms with E-state index in [4.69, 9.17) is 4.74 Å². The summed E-state index contributed by atoms with van der Waals surface area (Å²) in [7, 11) is -3.39. The van der Waals surface area contributed by atoms with Crippen molar-refractivity contribution in [2.45, 2.75) is 13.3 Å². The van der Waals surface area contributed by atoms with E-state index < -0.39 is 10.0 Å². The number of amidine groups is 1. The van der Waals surface area contributed by atoms with Gasteiger partial charge in [-0.25, -0.2) is 8.42 Å². The van der Waals surface area contributed by atoms with Crippen molar-refractivity contribution in [1.82, 2.24) is 10.2 Å². The number of hydrogen-bond acceptors (Lipinski definition) is 5. The highest BCUT2D eigenvalue weighted by molar-refractivity contribution is 7.90. The number of sulfonamides is 1. The van der Waals surface area contributed by atoms with E-state index in [1.165, 1.54) is 0 Å². The Kier molecular flexibility index (Phi) is 5.41. The number of carbonyl (C=O) groups is 1. The topological polar surface area (TPSA) is 88.1 Å². The normalized spacial score (nSPS) is 17.8. The second-order valence-corrected chi connectivity index (χ2v) is 7.88. The number of amides is 1. The molecule has 0 spiro atoms. The Morgan fingerprint density at radius 3 is 3.00 bits per heavy atom. The zero-order valence-corrected chi connectivity index (χ0v) is 15.3. The first-order valence-corrected chi connectivity index (χ1v) is 10.0. The molecule has 0 bridgehead atoms. The van der Waals surface area contributed by atoms with Crippen molar-refractivity contribution < 1.29 is 17.9 Å². The molecule has 0 aromatic heterocycles. The molecule has 2 heterocycles. The Bertz CT molecular complexity index is 887. The molecule has 0 radical (unpaired) electrons. The van der Waals surface area contributed by atoms with Crippen LogP contribution in [0, 0.1) is 6.92 Å². The highest BCUT2D eigenvalue weighted by Gasteiger charge is 2.24. The van der Waals surface area contributed by atoms with Gasteiger partial charge in [0.2, 0.25) is 0 Å². The van der Waals surface area contributed by atoms with Crippen LogP contribution in [-0.4, -0.2) is 50.5 Å². The van der Waals surface area contributed by atoms with Crippen LogP contribution < -0.4 is 10.1 Å².